The van der Waals surface area contributed by atoms with Crippen LogP contribution in [0.1, 0.15) is 26.3 Å². The first-order valence-electron chi connectivity index (χ1n) is 9.97. The second-order valence-electron chi connectivity index (χ2n) is 7.15. The molecule has 0 aliphatic rings. The SMILES string of the molecule is COc1ccc(C(=O)Nc2cccc(CNc3ncnc4c(C(N)=O)cccc34)c2)cc1F. The van der Waals surface area contributed by atoms with Gasteiger partial charge in [-0.2, -0.15) is 0 Å². The van der Waals surface area contributed by atoms with E-state index in [2.05, 4.69) is 20.6 Å². The largest absolute Gasteiger partial charge is 0.494 e. The van der Waals surface area contributed by atoms with E-state index in [4.69, 9.17) is 10.5 Å². The number of anilines is 2. The number of amides is 2. The molecule has 166 valence electrons. The fourth-order valence-electron chi connectivity index (χ4n) is 3.38. The van der Waals surface area contributed by atoms with E-state index in [9.17, 15) is 14.0 Å². The molecule has 0 atom stereocenters. The average molecular weight is 445 g/mol. The summed E-state index contributed by atoms with van der Waals surface area (Å²) in [4.78, 5) is 32.6. The minimum atomic E-state index is -0.611. The van der Waals surface area contributed by atoms with E-state index < -0.39 is 17.6 Å². The highest BCUT2D eigenvalue weighted by Crippen LogP contribution is 2.23. The number of rotatable bonds is 7. The normalized spacial score (nSPS) is 10.6. The van der Waals surface area contributed by atoms with Crippen molar-refractivity contribution in [3.05, 3.63) is 89.5 Å². The molecule has 0 fully saturated rings. The summed E-state index contributed by atoms with van der Waals surface area (Å²) < 4.78 is 18.8. The number of primary amides is 1. The first kappa shape index (κ1) is 21.7. The van der Waals surface area contributed by atoms with Crippen LogP contribution in [0.3, 0.4) is 0 Å². The third-order valence-electron chi connectivity index (χ3n) is 4.99. The highest BCUT2D eigenvalue weighted by Gasteiger charge is 2.12. The summed E-state index contributed by atoms with van der Waals surface area (Å²) in [5.41, 5.74) is 7.82. The maximum absolute atomic E-state index is 13.9. The Balaban J connectivity index is 1.49. The molecule has 4 N–H and O–H groups in total. The lowest BCUT2D eigenvalue weighted by molar-refractivity contribution is 0.0998. The van der Waals surface area contributed by atoms with E-state index in [-0.39, 0.29) is 11.3 Å². The summed E-state index contributed by atoms with van der Waals surface area (Å²) in [5, 5.41) is 6.65. The van der Waals surface area contributed by atoms with Crippen molar-refractivity contribution in [3.8, 4) is 5.75 Å². The standard InChI is InChI=1S/C24H20FN5O3/c1-33-20-9-8-15(11-19(20)25)24(32)30-16-5-2-4-14(10-16)12-27-23-18-7-3-6-17(22(26)31)21(18)28-13-29-23/h2-11,13H,12H2,1H3,(H2,26,31)(H,30,32)(H,27,28,29). The number of aromatic nitrogens is 2. The monoisotopic (exact) mass is 445 g/mol. The molecule has 4 aromatic rings. The molecule has 33 heavy (non-hydrogen) atoms. The van der Waals surface area contributed by atoms with E-state index in [0.717, 1.165) is 11.6 Å². The quantitative estimate of drug-likeness (QED) is 0.399. The van der Waals surface area contributed by atoms with Gasteiger partial charge in [-0.15, -0.1) is 0 Å². The van der Waals surface area contributed by atoms with Crippen LogP contribution in [0.4, 0.5) is 15.9 Å². The lowest BCUT2D eigenvalue weighted by atomic mass is 10.1. The van der Waals surface area contributed by atoms with Gasteiger partial charge in [-0.25, -0.2) is 14.4 Å². The number of hydrogen-bond donors (Lipinski definition) is 3. The van der Waals surface area contributed by atoms with Gasteiger partial charge in [0.1, 0.15) is 12.1 Å². The van der Waals surface area contributed by atoms with Crippen molar-refractivity contribution >= 4 is 34.2 Å². The molecule has 0 unspecified atom stereocenters. The van der Waals surface area contributed by atoms with Crippen molar-refractivity contribution in [2.45, 2.75) is 6.54 Å². The Morgan fingerprint density at radius 1 is 1.06 bits per heavy atom. The first-order chi connectivity index (χ1) is 16.0. The molecule has 0 radical (unpaired) electrons. The summed E-state index contributed by atoms with van der Waals surface area (Å²) in [7, 11) is 1.36. The van der Waals surface area contributed by atoms with Gasteiger partial charge in [0.15, 0.2) is 11.6 Å². The van der Waals surface area contributed by atoms with Crippen molar-refractivity contribution in [3.63, 3.8) is 0 Å². The number of hydrogen-bond acceptors (Lipinski definition) is 6. The predicted molar refractivity (Wildman–Crippen MR) is 123 cm³/mol. The molecule has 8 nitrogen and oxygen atoms in total. The Hall–Kier alpha value is -4.53. The Labute approximate surface area is 188 Å². The second-order valence-corrected chi connectivity index (χ2v) is 7.15. The number of ether oxygens (including phenoxy) is 1. The van der Waals surface area contributed by atoms with Gasteiger partial charge in [-0.3, -0.25) is 9.59 Å². The van der Waals surface area contributed by atoms with Gasteiger partial charge in [0.05, 0.1) is 18.2 Å². The molecule has 0 saturated carbocycles. The molecule has 9 heteroatoms. The molecule has 1 heterocycles. The highest BCUT2D eigenvalue weighted by molar-refractivity contribution is 6.07. The van der Waals surface area contributed by atoms with Gasteiger partial charge in [-0.1, -0.05) is 18.2 Å². The van der Waals surface area contributed by atoms with Crippen LogP contribution in [0, 0.1) is 5.82 Å². The zero-order chi connectivity index (χ0) is 23.4. The highest BCUT2D eigenvalue weighted by atomic mass is 19.1. The average Bonchev–Trinajstić information content (AvgIpc) is 2.82. The van der Waals surface area contributed by atoms with Crippen LogP contribution in [0.25, 0.3) is 10.9 Å². The number of fused-ring (bicyclic) bond motifs is 1. The third kappa shape index (κ3) is 4.72. The van der Waals surface area contributed by atoms with Crippen LogP contribution in [-0.2, 0) is 6.54 Å². The van der Waals surface area contributed by atoms with Gasteiger partial charge in [0.25, 0.3) is 11.8 Å². The number of carbonyl (C=O) groups is 2. The Morgan fingerprint density at radius 3 is 2.64 bits per heavy atom. The fourth-order valence-corrected chi connectivity index (χ4v) is 3.38. The number of benzene rings is 3. The minimum Gasteiger partial charge on any atom is -0.494 e. The van der Waals surface area contributed by atoms with E-state index in [1.807, 2.05) is 6.07 Å². The molecule has 0 saturated heterocycles. The van der Waals surface area contributed by atoms with Gasteiger partial charge in [0, 0.05) is 23.2 Å². The van der Waals surface area contributed by atoms with Crippen LogP contribution in [0.2, 0.25) is 0 Å². The van der Waals surface area contributed by atoms with Crippen molar-refractivity contribution in [1.82, 2.24) is 9.97 Å². The predicted octanol–water partition coefficient (Wildman–Crippen LogP) is 3.74. The summed E-state index contributed by atoms with van der Waals surface area (Å²) in [5.74, 6) is -1.00. The van der Waals surface area contributed by atoms with Gasteiger partial charge in [0.2, 0.25) is 0 Å². The van der Waals surface area contributed by atoms with Crippen molar-refractivity contribution in [2.75, 3.05) is 17.7 Å². The van der Waals surface area contributed by atoms with Crippen molar-refractivity contribution < 1.29 is 18.7 Å². The van der Waals surface area contributed by atoms with Crippen LogP contribution >= 0.6 is 0 Å². The molecular formula is C24H20FN5O3. The number of halogens is 1. The molecule has 3 aromatic carbocycles. The molecule has 2 amide bonds. The van der Waals surface area contributed by atoms with Crippen molar-refractivity contribution in [1.29, 1.82) is 0 Å². The minimum absolute atomic E-state index is 0.0693. The second kappa shape index (κ2) is 9.31. The Bertz CT molecular complexity index is 1360. The topological polar surface area (TPSA) is 119 Å². The van der Waals surface area contributed by atoms with Gasteiger partial charge in [-0.05, 0) is 48.0 Å². The van der Waals surface area contributed by atoms with E-state index in [1.54, 1.807) is 36.4 Å². The number of nitrogens with two attached hydrogens (primary N) is 1. The van der Waals surface area contributed by atoms with Crippen LogP contribution in [-0.4, -0.2) is 28.9 Å². The van der Waals surface area contributed by atoms with Gasteiger partial charge >= 0.3 is 0 Å². The number of nitrogens with zero attached hydrogens (tertiary/aromatic N) is 2. The summed E-state index contributed by atoms with van der Waals surface area (Å²) in [6.45, 7) is 0.397. The molecule has 4 rings (SSSR count). The number of nitrogens with one attached hydrogen (secondary N) is 2. The molecule has 0 aliphatic heterocycles. The molecule has 0 spiro atoms. The summed E-state index contributed by atoms with van der Waals surface area (Å²) in [6.07, 6.45) is 1.36. The molecule has 0 aliphatic carbocycles. The van der Waals surface area contributed by atoms with E-state index in [1.165, 1.54) is 25.6 Å². The maximum Gasteiger partial charge on any atom is 0.255 e. The number of para-hydroxylation sites is 1. The van der Waals surface area contributed by atoms with Crippen LogP contribution in [0.15, 0.2) is 67.0 Å². The van der Waals surface area contributed by atoms with Crippen LogP contribution in [0.5, 0.6) is 5.75 Å². The molecule has 1 aromatic heterocycles. The lowest BCUT2D eigenvalue weighted by Gasteiger charge is -2.11. The third-order valence-corrected chi connectivity index (χ3v) is 4.99. The van der Waals surface area contributed by atoms with Crippen LogP contribution < -0.4 is 21.1 Å². The van der Waals surface area contributed by atoms with Crippen molar-refractivity contribution in [2.24, 2.45) is 5.73 Å². The van der Waals surface area contributed by atoms with Gasteiger partial charge < -0.3 is 21.1 Å². The van der Waals surface area contributed by atoms with E-state index >= 15 is 0 Å². The number of carbonyl (C=O) groups excluding carboxylic acids is 2. The number of methoxy groups -OCH3 is 1. The Kier molecular flexibility index (Phi) is 6.12. The Morgan fingerprint density at radius 2 is 1.88 bits per heavy atom. The smallest absolute Gasteiger partial charge is 0.255 e. The zero-order valence-corrected chi connectivity index (χ0v) is 17.6. The van der Waals surface area contributed by atoms with E-state index in [0.29, 0.717) is 34.5 Å². The first-order valence-corrected chi connectivity index (χ1v) is 9.97. The maximum atomic E-state index is 13.9. The fraction of sp³-hybridized carbons (Fsp3) is 0.0833. The lowest BCUT2D eigenvalue weighted by Crippen LogP contribution is -2.13. The molecule has 0 bridgehead atoms. The zero-order valence-electron chi connectivity index (χ0n) is 17.6. The summed E-state index contributed by atoms with van der Waals surface area (Å²) in [6, 6.07) is 16.4. The molecular weight excluding hydrogens is 425 g/mol. The summed E-state index contributed by atoms with van der Waals surface area (Å²) >= 11 is 0.